The van der Waals surface area contributed by atoms with E-state index in [1.165, 1.54) is 12.1 Å². The fraction of sp³-hybridized carbons (Fsp3) is 0.250. The van der Waals surface area contributed by atoms with E-state index < -0.39 is 0 Å². The molecule has 0 heterocycles. The maximum atomic E-state index is 12.8. The second kappa shape index (κ2) is 8.62. The standard InChI is InChI=1S/C16H18FNO2.ClH/c17-14-5-1-13(2-6-14)11-20-16-7-3-12(4-8-16)9-15(18)10-19;/h1-8,15,19H,9-11,18H2;1H. The molecule has 1 unspecified atom stereocenters. The van der Waals surface area contributed by atoms with Crippen LogP contribution in [0.5, 0.6) is 5.75 Å². The van der Waals surface area contributed by atoms with Crippen LogP contribution < -0.4 is 10.5 Å². The van der Waals surface area contributed by atoms with Gasteiger partial charge in [-0.3, -0.25) is 0 Å². The minimum absolute atomic E-state index is 0. The predicted octanol–water partition coefficient (Wildman–Crippen LogP) is 2.69. The molecule has 0 saturated carbocycles. The zero-order valence-electron chi connectivity index (χ0n) is 11.5. The first-order valence-electron chi connectivity index (χ1n) is 6.50. The molecular formula is C16H19ClFNO2. The lowest BCUT2D eigenvalue weighted by Gasteiger charge is -2.10. The van der Waals surface area contributed by atoms with E-state index in [1.54, 1.807) is 12.1 Å². The van der Waals surface area contributed by atoms with Crippen molar-refractivity contribution in [2.24, 2.45) is 5.73 Å². The number of aliphatic hydroxyl groups excluding tert-OH is 1. The third-order valence-electron chi connectivity index (χ3n) is 2.97. The van der Waals surface area contributed by atoms with E-state index in [0.29, 0.717) is 13.0 Å². The summed E-state index contributed by atoms with van der Waals surface area (Å²) >= 11 is 0. The molecule has 3 N–H and O–H groups in total. The Kier molecular flexibility index (Phi) is 7.15. The molecule has 0 spiro atoms. The van der Waals surface area contributed by atoms with E-state index in [1.807, 2.05) is 24.3 Å². The highest BCUT2D eigenvalue weighted by molar-refractivity contribution is 5.85. The van der Waals surface area contributed by atoms with Crippen molar-refractivity contribution in [2.45, 2.75) is 19.1 Å². The van der Waals surface area contributed by atoms with Gasteiger partial charge in [-0.2, -0.15) is 0 Å². The van der Waals surface area contributed by atoms with Gasteiger partial charge >= 0.3 is 0 Å². The summed E-state index contributed by atoms with van der Waals surface area (Å²) in [4.78, 5) is 0. The van der Waals surface area contributed by atoms with Gasteiger partial charge in [0.2, 0.25) is 0 Å². The lowest BCUT2D eigenvalue weighted by Crippen LogP contribution is -2.26. The predicted molar refractivity (Wildman–Crippen MR) is 83.2 cm³/mol. The van der Waals surface area contributed by atoms with Gasteiger partial charge in [0.1, 0.15) is 18.2 Å². The number of rotatable bonds is 6. The van der Waals surface area contributed by atoms with Crippen molar-refractivity contribution in [1.29, 1.82) is 0 Å². The van der Waals surface area contributed by atoms with E-state index in [9.17, 15) is 4.39 Å². The third kappa shape index (κ3) is 5.71. The fourth-order valence-electron chi connectivity index (χ4n) is 1.84. The molecule has 0 aliphatic heterocycles. The van der Waals surface area contributed by atoms with Gasteiger partial charge in [0.05, 0.1) is 6.61 Å². The van der Waals surface area contributed by atoms with Gasteiger partial charge in [0.15, 0.2) is 0 Å². The van der Waals surface area contributed by atoms with Crippen molar-refractivity contribution >= 4 is 12.4 Å². The van der Waals surface area contributed by atoms with E-state index >= 15 is 0 Å². The first-order chi connectivity index (χ1) is 9.67. The molecule has 2 rings (SSSR count). The van der Waals surface area contributed by atoms with Gasteiger partial charge < -0.3 is 15.6 Å². The molecule has 2 aromatic carbocycles. The van der Waals surface area contributed by atoms with Crippen LogP contribution in [0.2, 0.25) is 0 Å². The van der Waals surface area contributed by atoms with Gasteiger partial charge in [0, 0.05) is 6.04 Å². The molecule has 0 amide bonds. The highest BCUT2D eigenvalue weighted by Gasteiger charge is 2.03. The van der Waals surface area contributed by atoms with Gasteiger partial charge in [0.25, 0.3) is 0 Å². The summed E-state index contributed by atoms with van der Waals surface area (Å²) < 4.78 is 18.4. The summed E-state index contributed by atoms with van der Waals surface area (Å²) in [6.07, 6.45) is 0.634. The molecule has 0 aromatic heterocycles. The quantitative estimate of drug-likeness (QED) is 0.862. The van der Waals surface area contributed by atoms with Crippen LogP contribution in [0.15, 0.2) is 48.5 Å². The zero-order valence-corrected chi connectivity index (χ0v) is 12.4. The average molecular weight is 312 g/mol. The second-order valence-corrected chi connectivity index (χ2v) is 4.71. The molecule has 3 nitrogen and oxygen atoms in total. The van der Waals surface area contributed by atoms with Crippen molar-refractivity contribution in [3.63, 3.8) is 0 Å². The molecule has 2 aromatic rings. The first-order valence-corrected chi connectivity index (χ1v) is 6.50. The minimum atomic E-state index is -0.252. The molecule has 0 bridgehead atoms. The maximum Gasteiger partial charge on any atom is 0.123 e. The van der Waals surface area contributed by atoms with Crippen molar-refractivity contribution < 1.29 is 14.2 Å². The van der Waals surface area contributed by atoms with Gasteiger partial charge in [-0.25, -0.2) is 4.39 Å². The van der Waals surface area contributed by atoms with Crippen molar-refractivity contribution in [2.75, 3.05) is 6.61 Å². The van der Waals surface area contributed by atoms with E-state index in [2.05, 4.69) is 0 Å². The fourth-order valence-corrected chi connectivity index (χ4v) is 1.84. The SMILES string of the molecule is Cl.NC(CO)Cc1ccc(OCc2ccc(F)cc2)cc1. The summed E-state index contributed by atoms with van der Waals surface area (Å²) in [5.74, 6) is 0.494. The van der Waals surface area contributed by atoms with Crippen LogP contribution in [0.1, 0.15) is 11.1 Å². The first kappa shape index (κ1) is 17.4. The van der Waals surface area contributed by atoms with Crippen LogP contribution in [0.4, 0.5) is 4.39 Å². The minimum Gasteiger partial charge on any atom is -0.489 e. The van der Waals surface area contributed by atoms with Crippen LogP contribution in [0, 0.1) is 5.82 Å². The van der Waals surface area contributed by atoms with Crippen LogP contribution >= 0.6 is 12.4 Å². The lowest BCUT2D eigenvalue weighted by molar-refractivity contribution is 0.265. The van der Waals surface area contributed by atoms with Gasteiger partial charge in [-0.05, 0) is 41.8 Å². The molecular weight excluding hydrogens is 293 g/mol. The number of ether oxygens (including phenoxy) is 1. The number of hydrogen-bond acceptors (Lipinski definition) is 3. The number of halogens is 2. The largest absolute Gasteiger partial charge is 0.489 e. The maximum absolute atomic E-state index is 12.8. The number of benzene rings is 2. The smallest absolute Gasteiger partial charge is 0.123 e. The number of nitrogens with two attached hydrogens (primary N) is 1. The Morgan fingerprint density at radius 2 is 1.57 bits per heavy atom. The number of aliphatic hydroxyl groups is 1. The molecule has 0 aliphatic rings. The van der Waals surface area contributed by atoms with Gasteiger partial charge in [-0.1, -0.05) is 24.3 Å². The van der Waals surface area contributed by atoms with Crippen LogP contribution in [0.3, 0.4) is 0 Å². The third-order valence-corrected chi connectivity index (χ3v) is 2.97. The Hall–Kier alpha value is -1.62. The topological polar surface area (TPSA) is 55.5 Å². The Bertz CT molecular complexity index is 531. The molecule has 5 heteroatoms. The summed E-state index contributed by atoms with van der Waals surface area (Å²) in [6, 6.07) is 13.6. The Balaban J connectivity index is 0.00000220. The molecule has 0 radical (unpaired) electrons. The molecule has 0 aliphatic carbocycles. The molecule has 21 heavy (non-hydrogen) atoms. The number of hydrogen-bond donors (Lipinski definition) is 2. The highest BCUT2D eigenvalue weighted by atomic mass is 35.5. The monoisotopic (exact) mass is 311 g/mol. The van der Waals surface area contributed by atoms with E-state index in [0.717, 1.165) is 16.9 Å². The summed E-state index contributed by atoms with van der Waals surface area (Å²) in [5.41, 5.74) is 7.65. The van der Waals surface area contributed by atoms with Crippen molar-refractivity contribution in [1.82, 2.24) is 0 Å². The van der Waals surface area contributed by atoms with E-state index in [-0.39, 0.29) is 30.9 Å². The summed E-state index contributed by atoms with van der Waals surface area (Å²) in [7, 11) is 0. The van der Waals surface area contributed by atoms with Crippen LogP contribution in [0.25, 0.3) is 0 Å². The lowest BCUT2D eigenvalue weighted by atomic mass is 10.1. The average Bonchev–Trinajstić information content (AvgIpc) is 2.48. The van der Waals surface area contributed by atoms with E-state index in [4.69, 9.17) is 15.6 Å². The summed E-state index contributed by atoms with van der Waals surface area (Å²) in [5, 5.41) is 8.90. The Morgan fingerprint density at radius 1 is 1.00 bits per heavy atom. The molecule has 0 fully saturated rings. The Morgan fingerprint density at radius 3 is 2.14 bits per heavy atom. The second-order valence-electron chi connectivity index (χ2n) is 4.71. The van der Waals surface area contributed by atoms with Crippen LogP contribution in [-0.2, 0) is 13.0 Å². The highest BCUT2D eigenvalue weighted by Crippen LogP contribution is 2.15. The summed E-state index contributed by atoms with van der Waals surface area (Å²) in [6.45, 7) is 0.374. The van der Waals surface area contributed by atoms with Crippen molar-refractivity contribution in [3.05, 3.63) is 65.5 Å². The molecule has 1 atom stereocenters. The van der Waals surface area contributed by atoms with Gasteiger partial charge in [-0.15, -0.1) is 12.4 Å². The molecule has 0 saturated heterocycles. The Labute approximate surface area is 130 Å². The van der Waals surface area contributed by atoms with Crippen molar-refractivity contribution in [3.8, 4) is 5.75 Å². The van der Waals surface area contributed by atoms with Crippen LogP contribution in [-0.4, -0.2) is 17.8 Å². The zero-order chi connectivity index (χ0) is 14.4. The molecule has 114 valence electrons. The normalized spacial score (nSPS) is 11.6.